The Kier molecular flexibility index (Phi) is 3.83. The van der Waals surface area contributed by atoms with Crippen molar-refractivity contribution in [3.63, 3.8) is 0 Å². The molecule has 0 atom stereocenters. The summed E-state index contributed by atoms with van der Waals surface area (Å²) in [4.78, 5) is 3.66. The number of rotatable bonds is 3. The molecule has 3 aromatic rings. The van der Waals surface area contributed by atoms with Gasteiger partial charge in [0, 0.05) is 47.7 Å². The molecule has 3 heterocycles. The van der Waals surface area contributed by atoms with Gasteiger partial charge in [0.2, 0.25) is 0 Å². The Morgan fingerprint density at radius 1 is 1.19 bits per heavy atom. The van der Waals surface area contributed by atoms with Crippen LogP contribution in [0.3, 0.4) is 0 Å². The molecule has 0 amide bonds. The minimum Gasteiger partial charge on any atom is -0.376 e. The van der Waals surface area contributed by atoms with Gasteiger partial charge in [0.25, 0.3) is 0 Å². The highest BCUT2D eigenvalue weighted by molar-refractivity contribution is 7.97. The number of fused-ring (bicyclic) bond motifs is 2. The zero-order valence-electron chi connectivity index (χ0n) is 14.5. The van der Waals surface area contributed by atoms with E-state index in [2.05, 4.69) is 34.5 Å². The van der Waals surface area contributed by atoms with Gasteiger partial charge in [0.15, 0.2) is 0 Å². The minimum atomic E-state index is -0.289. The van der Waals surface area contributed by atoms with Gasteiger partial charge in [-0.15, -0.1) is 0 Å². The molecule has 0 unspecified atom stereocenters. The number of hydrogen-bond donors (Lipinski definition) is 1. The van der Waals surface area contributed by atoms with Crippen LogP contribution >= 0.6 is 11.9 Å². The van der Waals surface area contributed by atoms with Crippen molar-refractivity contribution in [2.75, 3.05) is 20.1 Å². The third kappa shape index (κ3) is 2.56. The molecule has 134 valence electrons. The monoisotopic (exact) mass is 369 g/mol. The molecule has 26 heavy (non-hydrogen) atoms. The lowest BCUT2D eigenvalue weighted by Crippen LogP contribution is -2.54. The minimum absolute atomic E-state index is 0.163. The SMILES string of the molecule is CN1CC(N2Cc3cc(-c4cn(CO)c5cc(F)ccc45)ccc3S2)C1. The molecule has 0 bridgehead atoms. The number of nitrogens with zero attached hydrogens (tertiary/aromatic N) is 3. The number of halogens is 1. The predicted octanol–water partition coefficient (Wildman–Crippen LogP) is 3.53. The topological polar surface area (TPSA) is 31.6 Å². The molecule has 4 nitrogen and oxygen atoms in total. The summed E-state index contributed by atoms with van der Waals surface area (Å²) >= 11 is 1.85. The van der Waals surface area contributed by atoms with Crippen LogP contribution in [-0.4, -0.2) is 45.1 Å². The van der Waals surface area contributed by atoms with E-state index in [4.69, 9.17) is 0 Å². The number of aliphatic hydroxyl groups excluding tert-OH is 1. The highest BCUT2D eigenvalue weighted by atomic mass is 32.2. The maximum absolute atomic E-state index is 13.6. The largest absolute Gasteiger partial charge is 0.376 e. The number of benzene rings is 2. The van der Waals surface area contributed by atoms with Crippen LogP contribution in [0.5, 0.6) is 0 Å². The molecule has 0 radical (unpaired) electrons. The van der Waals surface area contributed by atoms with Crippen LogP contribution in [0, 0.1) is 5.82 Å². The van der Waals surface area contributed by atoms with E-state index in [1.54, 1.807) is 10.6 Å². The molecule has 5 rings (SSSR count). The molecule has 2 aliphatic rings. The van der Waals surface area contributed by atoms with Crippen LogP contribution in [0.2, 0.25) is 0 Å². The second-order valence-corrected chi connectivity index (χ2v) is 8.27. The Balaban J connectivity index is 1.51. The Labute approximate surface area is 156 Å². The Bertz CT molecular complexity index is 996. The van der Waals surface area contributed by atoms with Gasteiger partial charge >= 0.3 is 0 Å². The third-order valence-electron chi connectivity index (χ3n) is 5.36. The molecule has 0 spiro atoms. The van der Waals surface area contributed by atoms with Crippen molar-refractivity contribution in [3.05, 3.63) is 54.0 Å². The summed E-state index contributed by atoms with van der Waals surface area (Å²) in [5, 5.41) is 10.6. The quantitative estimate of drug-likeness (QED) is 0.716. The van der Waals surface area contributed by atoms with Crippen LogP contribution in [0.15, 0.2) is 47.5 Å². The van der Waals surface area contributed by atoms with Gasteiger partial charge in [-0.2, -0.15) is 0 Å². The van der Waals surface area contributed by atoms with Gasteiger partial charge in [-0.05, 0) is 60.5 Å². The molecular weight excluding hydrogens is 349 g/mol. The molecule has 1 fully saturated rings. The fraction of sp³-hybridized carbons (Fsp3) is 0.300. The van der Waals surface area contributed by atoms with E-state index in [0.29, 0.717) is 6.04 Å². The predicted molar refractivity (Wildman–Crippen MR) is 102 cm³/mol. The molecule has 1 saturated heterocycles. The molecule has 1 N–H and O–H groups in total. The first-order valence-corrected chi connectivity index (χ1v) is 9.55. The summed E-state index contributed by atoms with van der Waals surface area (Å²) < 4.78 is 17.8. The smallest absolute Gasteiger partial charge is 0.125 e. The lowest BCUT2D eigenvalue weighted by atomic mass is 10.0. The first-order valence-electron chi connectivity index (χ1n) is 8.78. The van der Waals surface area contributed by atoms with Gasteiger partial charge < -0.3 is 14.6 Å². The summed E-state index contributed by atoms with van der Waals surface area (Å²) in [6.07, 6.45) is 1.91. The number of likely N-dealkylation sites (N-methyl/N-ethyl adjacent to an activating group) is 1. The van der Waals surface area contributed by atoms with Crippen molar-refractivity contribution >= 4 is 22.9 Å². The number of aliphatic hydroxyl groups is 1. The van der Waals surface area contributed by atoms with Crippen LogP contribution in [0.25, 0.3) is 22.0 Å². The average molecular weight is 369 g/mol. The number of likely N-dealkylation sites (tertiary alicyclic amines) is 1. The van der Waals surface area contributed by atoms with Crippen molar-refractivity contribution in [1.82, 2.24) is 13.8 Å². The van der Waals surface area contributed by atoms with Gasteiger partial charge in [-0.1, -0.05) is 6.07 Å². The summed E-state index contributed by atoms with van der Waals surface area (Å²) in [5.41, 5.74) is 4.20. The molecule has 2 aliphatic heterocycles. The second-order valence-electron chi connectivity index (χ2n) is 7.18. The third-order valence-corrected chi connectivity index (χ3v) is 6.62. The number of hydrogen-bond acceptors (Lipinski definition) is 4. The standard InChI is InChI=1S/C20H20FN3OS/c1-22-9-16(10-22)24-8-14-6-13(2-5-20(14)26-24)18-11-23(12-25)19-7-15(21)3-4-17(18)19/h2-7,11,16,25H,8-10,12H2,1H3. The molecule has 2 aromatic carbocycles. The number of aromatic nitrogens is 1. The summed E-state index contributed by atoms with van der Waals surface area (Å²) in [5.74, 6) is -0.289. The van der Waals surface area contributed by atoms with E-state index in [0.717, 1.165) is 41.7 Å². The second kappa shape index (κ2) is 6.09. The zero-order chi connectivity index (χ0) is 17.8. The van der Waals surface area contributed by atoms with Gasteiger partial charge in [-0.3, -0.25) is 0 Å². The van der Waals surface area contributed by atoms with Gasteiger partial charge in [-0.25, -0.2) is 8.70 Å². The van der Waals surface area contributed by atoms with Crippen LogP contribution in [0.1, 0.15) is 5.56 Å². The maximum atomic E-state index is 13.6. The van der Waals surface area contributed by atoms with Crippen molar-refractivity contribution in [2.45, 2.75) is 24.2 Å². The van der Waals surface area contributed by atoms with Crippen LogP contribution in [0.4, 0.5) is 4.39 Å². The molecule has 0 aliphatic carbocycles. The highest BCUT2D eigenvalue weighted by Gasteiger charge is 2.34. The van der Waals surface area contributed by atoms with E-state index in [9.17, 15) is 9.50 Å². The lowest BCUT2D eigenvalue weighted by molar-refractivity contribution is 0.111. The van der Waals surface area contributed by atoms with E-state index in [-0.39, 0.29) is 12.5 Å². The summed E-state index contributed by atoms with van der Waals surface area (Å²) in [6, 6.07) is 11.9. The fourth-order valence-corrected chi connectivity index (χ4v) is 5.06. The lowest BCUT2D eigenvalue weighted by Gasteiger charge is -2.41. The maximum Gasteiger partial charge on any atom is 0.125 e. The average Bonchev–Trinajstić information content (AvgIpc) is 3.18. The van der Waals surface area contributed by atoms with E-state index in [1.807, 2.05) is 18.1 Å². The van der Waals surface area contributed by atoms with Gasteiger partial charge in [0.1, 0.15) is 12.5 Å². The first-order chi connectivity index (χ1) is 12.6. The molecule has 1 aromatic heterocycles. The van der Waals surface area contributed by atoms with E-state index in [1.165, 1.54) is 22.6 Å². The van der Waals surface area contributed by atoms with Crippen LogP contribution < -0.4 is 0 Å². The Morgan fingerprint density at radius 2 is 2.04 bits per heavy atom. The molecular formula is C20H20FN3OS. The molecule has 6 heteroatoms. The summed E-state index contributed by atoms with van der Waals surface area (Å²) in [7, 11) is 2.16. The zero-order valence-corrected chi connectivity index (χ0v) is 15.3. The van der Waals surface area contributed by atoms with Crippen molar-refractivity contribution in [1.29, 1.82) is 0 Å². The van der Waals surface area contributed by atoms with Crippen LogP contribution in [-0.2, 0) is 13.3 Å². The van der Waals surface area contributed by atoms with Crippen molar-refractivity contribution in [2.24, 2.45) is 0 Å². The molecule has 0 saturated carbocycles. The highest BCUT2D eigenvalue weighted by Crippen LogP contribution is 2.41. The van der Waals surface area contributed by atoms with E-state index >= 15 is 0 Å². The van der Waals surface area contributed by atoms with E-state index < -0.39 is 0 Å². The van der Waals surface area contributed by atoms with Crippen molar-refractivity contribution < 1.29 is 9.50 Å². The Morgan fingerprint density at radius 3 is 2.81 bits per heavy atom. The van der Waals surface area contributed by atoms with Gasteiger partial charge in [0.05, 0.1) is 5.52 Å². The fourth-order valence-electron chi connectivity index (χ4n) is 3.95. The Hall–Kier alpha value is -1.86. The van der Waals surface area contributed by atoms with Crippen molar-refractivity contribution in [3.8, 4) is 11.1 Å². The first kappa shape index (κ1) is 16.3. The summed E-state index contributed by atoms with van der Waals surface area (Å²) in [6.45, 7) is 3.05. The normalized spacial score (nSPS) is 18.4.